The van der Waals surface area contributed by atoms with Crippen LogP contribution in [-0.2, 0) is 4.79 Å². The summed E-state index contributed by atoms with van der Waals surface area (Å²) in [5, 5.41) is 5.58. The Bertz CT molecular complexity index is 397. The van der Waals surface area contributed by atoms with E-state index in [1.54, 1.807) is 19.1 Å². The molecule has 2 N–H and O–H groups in total. The van der Waals surface area contributed by atoms with Crippen molar-refractivity contribution < 1.29 is 13.9 Å². The van der Waals surface area contributed by atoms with Gasteiger partial charge in [-0.3, -0.25) is 4.79 Å². The number of nitrogens with one attached hydrogen (secondary N) is 2. The zero-order valence-electron chi connectivity index (χ0n) is 10.8. The molecule has 0 aliphatic rings. The van der Waals surface area contributed by atoms with Crippen molar-refractivity contribution in [3.8, 4) is 5.75 Å². The number of hydrogen-bond donors (Lipinski definition) is 2. The Morgan fingerprint density at radius 1 is 1.39 bits per heavy atom. The van der Waals surface area contributed by atoms with Gasteiger partial charge < -0.3 is 15.4 Å². The minimum absolute atomic E-state index is 0.105. The highest BCUT2D eigenvalue weighted by molar-refractivity contribution is 5.80. The van der Waals surface area contributed by atoms with Gasteiger partial charge in [0.15, 0.2) is 11.6 Å². The van der Waals surface area contributed by atoms with E-state index in [1.165, 1.54) is 6.07 Å². The summed E-state index contributed by atoms with van der Waals surface area (Å²) in [4.78, 5) is 11.3. The highest BCUT2D eigenvalue weighted by Crippen LogP contribution is 2.20. The topological polar surface area (TPSA) is 50.4 Å². The van der Waals surface area contributed by atoms with E-state index in [0.717, 1.165) is 6.42 Å². The van der Waals surface area contributed by atoms with Crippen molar-refractivity contribution in [3.63, 3.8) is 0 Å². The summed E-state index contributed by atoms with van der Waals surface area (Å²) in [7, 11) is 0. The Morgan fingerprint density at radius 3 is 2.78 bits per heavy atom. The first-order valence-electron chi connectivity index (χ1n) is 6.10. The first-order chi connectivity index (χ1) is 8.67. The van der Waals surface area contributed by atoms with Gasteiger partial charge in [-0.05, 0) is 25.5 Å². The number of carbonyl (C=O) groups excluding carboxylic acids is 1. The van der Waals surface area contributed by atoms with Gasteiger partial charge in [-0.2, -0.15) is 0 Å². The van der Waals surface area contributed by atoms with E-state index in [0.29, 0.717) is 18.8 Å². The molecule has 0 saturated heterocycles. The van der Waals surface area contributed by atoms with E-state index in [4.69, 9.17) is 4.74 Å². The number of anilines is 1. The summed E-state index contributed by atoms with van der Waals surface area (Å²) >= 11 is 0. The van der Waals surface area contributed by atoms with Crippen LogP contribution in [0.4, 0.5) is 10.1 Å². The van der Waals surface area contributed by atoms with Crippen LogP contribution < -0.4 is 15.4 Å². The van der Waals surface area contributed by atoms with Crippen LogP contribution in [0.1, 0.15) is 20.3 Å². The maximum atomic E-state index is 13.5. The minimum atomic E-state index is -0.434. The van der Waals surface area contributed by atoms with Crippen molar-refractivity contribution in [2.75, 3.05) is 25.0 Å². The summed E-state index contributed by atoms with van der Waals surface area (Å²) in [5.41, 5.74) is 0.558. The SMILES string of the molecule is CCCNC(=O)CNc1ccc(OCC)c(F)c1. The number of halogens is 1. The molecule has 1 aromatic carbocycles. The lowest BCUT2D eigenvalue weighted by atomic mass is 10.3. The molecule has 0 saturated carbocycles. The normalized spacial score (nSPS) is 9.94. The van der Waals surface area contributed by atoms with Gasteiger partial charge in [-0.15, -0.1) is 0 Å². The molecule has 0 fully saturated rings. The number of ether oxygens (including phenoxy) is 1. The van der Waals surface area contributed by atoms with E-state index in [1.807, 2.05) is 6.92 Å². The van der Waals surface area contributed by atoms with Crippen LogP contribution in [-0.4, -0.2) is 25.6 Å². The predicted octanol–water partition coefficient (Wildman–Crippen LogP) is 2.16. The summed E-state index contributed by atoms with van der Waals surface area (Å²) in [6.45, 7) is 4.98. The molecule has 1 amide bonds. The molecule has 5 heteroatoms. The van der Waals surface area contributed by atoms with Gasteiger partial charge in [0.25, 0.3) is 0 Å². The monoisotopic (exact) mass is 254 g/mol. The van der Waals surface area contributed by atoms with Crippen LogP contribution in [0.5, 0.6) is 5.75 Å². The summed E-state index contributed by atoms with van der Waals surface area (Å²) in [6, 6.07) is 4.55. The zero-order valence-corrected chi connectivity index (χ0v) is 10.8. The number of rotatable bonds is 7. The third kappa shape index (κ3) is 4.61. The van der Waals surface area contributed by atoms with E-state index in [9.17, 15) is 9.18 Å². The second-order valence-electron chi connectivity index (χ2n) is 3.78. The highest BCUT2D eigenvalue weighted by atomic mass is 19.1. The fourth-order valence-electron chi connectivity index (χ4n) is 1.39. The van der Waals surface area contributed by atoms with Crippen LogP contribution in [0.3, 0.4) is 0 Å². The smallest absolute Gasteiger partial charge is 0.239 e. The zero-order chi connectivity index (χ0) is 13.4. The Labute approximate surface area is 107 Å². The largest absolute Gasteiger partial charge is 0.491 e. The maximum absolute atomic E-state index is 13.5. The van der Waals surface area contributed by atoms with E-state index in [2.05, 4.69) is 10.6 Å². The van der Waals surface area contributed by atoms with Crippen LogP contribution in [0.15, 0.2) is 18.2 Å². The molecular formula is C13H19FN2O2. The van der Waals surface area contributed by atoms with Crippen molar-refractivity contribution >= 4 is 11.6 Å². The van der Waals surface area contributed by atoms with E-state index in [-0.39, 0.29) is 18.2 Å². The molecule has 4 nitrogen and oxygen atoms in total. The summed E-state index contributed by atoms with van der Waals surface area (Å²) in [5.74, 6) is -0.319. The molecule has 0 aliphatic heterocycles. The van der Waals surface area contributed by atoms with E-state index < -0.39 is 5.82 Å². The third-order valence-electron chi connectivity index (χ3n) is 2.26. The van der Waals surface area contributed by atoms with Gasteiger partial charge in [0.2, 0.25) is 5.91 Å². The van der Waals surface area contributed by atoms with Gasteiger partial charge in [-0.1, -0.05) is 6.92 Å². The Kier molecular flexibility index (Phi) is 5.97. The minimum Gasteiger partial charge on any atom is -0.491 e. The van der Waals surface area contributed by atoms with Crippen molar-refractivity contribution in [2.45, 2.75) is 20.3 Å². The second-order valence-corrected chi connectivity index (χ2v) is 3.78. The standard InChI is InChI=1S/C13H19FN2O2/c1-3-7-15-13(17)9-16-10-5-6-12(18-4-2)11(14)8-10/h5-6,8,16H,3-4,7,9H2,1-2H3,(H,15,17). The maximum Gasteiger partial charge on any atom is 0.239 e. The van der Waals surface area contributed by atoms with Gasteiger partial charge in [0, 0.05) is 18.3 Å². The van der Waals surface area contributed by atoms with Gasteiger partial charge >= 0.3 is 0 Å². The molecule has 0 aliphatic carbocycles. The molecule has 1 aromatic rings. The number of carbonyl (C=O) groups is 1. The quantitative estimate of drug-likeness (QED) is 0.784. The fraction of sp³-hybridized carbons (Fsp3) is 0.462. The average Bonchev–Trinajstić information content (AvgIpc) is 2.37. The van der Waals surface area contributed by atoms with Crippen molar-refractivity contribution in [3.05, 3.63) is 24.0 Å². The first-order valence-corrected chi connectivity index (χ1v) is 6.10. The molecule has 0 bridgehead atoms. The highest BCUT2D eigenvalue weighted by Gasteiger charge is 2.05. The predicted molar refractivity (Wildman–Crippen MR) is 69.4 cm³/mol. The molecule has 1 rings (SSSR count). The summed E-state index contributed by atoms with van der Waals surface area (Å²) < 4.78 is 18.6. The molecule has 100 valence electrons. The fourth-order valence-corrected chi connectivity index (χ4v) is 1.39. The van der Waals surface area contributed by atoms with Crippen LogP contribution in [0.25, 0.3) is 0 Å². The van der Waals surface area contributed by atoms with Crippen molar-refractivity contribution in [2.24, 2.45) is 0 Å². The molecule has 0 heterocycles. The van der Waals surface area contributed by atoms with Gasteiger partial charge in [0.1, 0.15) is 0 Å². The lowest BCUT2D eigenvalue weighted by Gasteiger charge is -2.09. The molecule has 0 spiro atoms. The van der Waals surface area contributed by atoms with Gasteiger partial charge in [-0.25, -0.2) is 4.39 Å². The van der Waals surface area contributed by atoms with Crippen LogP contribution >= 0.6 is 0 Å². The second kappa shape index (κ2) is 7.53. The molecule has 0 radical (unpaired) electrons. The Hall–Kier alpha value is -1.78. The number of hydrogen-bond acceptors (Lipinski definition) is 3. The molecule has 0 unspecified atom stereocenters. The molecule has 18 heavy (non-hydrogen) atoms. The number of benzene rings is 1. The lowest BCUT2D eigenvalue weighted by molar-refractivity contribution is -0.119. The lowest BCUT2D eigenvalue weighted by Crippen LogP contribution is -2.30. The Morgan fingerprint density at radius 2 is 2.17 bits per heavy atom. The summed E-state index contributed by atoms with van der Waals surface area (Å²) in [6.07, 6.45) is 0.892. The molecule has 0 atom stereocenters. The van der Waals surface area contributed by atoms with Crippen LogP contribution in [0.2, 0.25) is 0 Å². The Balaban J connectivity index is 2.48. The van der Waals surface area contributed by atoms with Crippen molar-refractivity contribution in [1.29, 1.82) is 0 Å². The van der Waals surface area contributed by atoms with E-state index >= 15 is 0 Å². The molecular weight excluding hydrogens is 235 g/mol. The third-order valence-corrected chi connectivity index (χ3v) is 2.26. The number of amides is 1. The van der Waals surface area contributed by atoms with Crippen molar-refractivity contribution in [1.82, 2.24) is 5.32 Å². The first kappa shape index (κ1) is 14.3. The van der Waals surface area contributed by atoms with Crippen LogP contribution in [0, 0.1) is 5.82 Å². The van der Waals surface area contributed by atoms with Gasteiger partial charge in [0.05, 0.1) is 13.2 Å². The molecule has 0 aromatic heterocycles. The average molecular weight is 254 g/mol.